The maximum absolute atomic E-state index is 4.56. The molecule has 1 N–H and O–H groups in total. The van der Waals surface area contributed by atoms with Gasteiger partial charge in [0.25, 0.3) is 0 Å². The van der Waals surface area contributed by atoms with Crippen LogP contribution < -0.4 is 4.90 Å². The molecule has 124 valence electrons. The number of aryl methyl sites for hydroxylation is 1. The lowest BCUT2D eigenvalue weighted by Crippen LogP contribution is -2.58. The molecule has 1 aliphatic carbocycles. The third kappa shape index (κ3) is 2.17. The zero-order chi connectivity index (χ0) is 16.1. The summed E-state index contributed by atoms with van der Waals surface area (Å²) < 4.78 is 1.72. The number of anilines is 1. The van der Waals surface area contributed by atoms with Crippen LogP contribution in [0, 0.1) is 0 Å². The van der Waals surface area contributed by atoms with Gasteiger partial charge in [-0.3, -0.25) is 10.00 Å². The summed E-state index contributed by atoms with van der Waals surface area (Å²) in [6.07, 6.45) is 5.23. The number of hydrogen-bond donors (Lipinski definition) is 1. The van der Waals surface area contributed by atoms with Crippen LogP contribution >= 0.6 is 0 Å². The first-order valence-electron chi connectivity index (χ1n) is 8.45. The molecule has 0 aromatic carbocycles. The van der Waals surface area contributed by atoms with E-state index >= 15 is 0 Å². The Labute approximate surface area is 139 Å². The fourth-order valence-electron chi connectivity index (χ4n) is 3.69. The van der Waals surface area contributed by atoms with E-state index in [1.54, 1.807) is 10.8 Å². The second-order valence-corrected chi connectivity index (χ2v) is 6.78. The van der Waals surface area contributed by atoms with Crippen molar-refractivity contribution >= 4 is 11.5 Å². The summed E-state index contributed by atoms with van der Waals surface area (Å²) in [6, 6.07) is 4.51. The fraction of sp³-hybridized carbons (Fsp3) is 0.500. The highest BCUT2D eigenvalue weighted by Gasteiger charge is 2.32. The van der Waals surface area contributed by atoms with Crippen molar-refractivity contribution < 1.29 is 0 Å². The number of nitrogens with zero attached hydrogens (tertiary/aromatic N) is 7. The first-order chi connectivity index (χ1) is 11.8. The van der Waals surface area contributed by atoms with Gasteiger partial charge in [-0.15, -0.1) is 15.3 Å². The molecular formula is C16H20N8. The van der Waals surface area contributed by atoms with Crippen LogP contribution in [0.25, 0.3) is 5.65 Å². The number of aromatic amines is 1. The lowest BCUT2D eigenvalue weighted by Gasteiger charge is -2.44. The van der Waals surface area contributed by atoms with Crippen molar-refractivity contribution in [2.24, 2.45) is 0 Å². The van der Waals surface area contributed by atoms with E-state index in [0.717, 1.165) is 37.5 Å². The van der Waals surface area contributed by atoms with Crippen LogP contribution in [0.3, 0.4) is 0 Å². The van der Waals surface area contributed by atoms with E-state index in [1.165, 1.54) is 29.8 Å². The van der Waals surface area contributed by atoms with E-state index in [-0.39, 0.29) is 0 Å². The quantitative estimate of drug-likeness (QED) is 0.759. The van der Waals surface area contributed by atoms with Crippen LogP contribution in [0.5, 0.6) is 0 Å². The van der Waals surface area contributed by atoms with Gasteiger partial charge in [-0.05, 0) is 44.0 Å². The zero-order valence-corrected chi connectivity index (χ0v) is 13.7. The summed E-state index contributed by atoms with van der Waals surface area (Å²) in [5, 5.41) is 20.1. The normalized spacial score (nSPS) is 17.7. The maximum Gasteiger partial charge on any atom is 0.177 e. The molecule has 4 heterocycles. The van der Waals surface area contributed by atoms with Crippen molar-refractivity contribution in [2.45, 2.75) is 31.8 Å². The monoisotopic (exact) mass is 324 g/mol. The predicted molar refractivity (Wildman–Crippen MR) is 88.9 cm³/mol. The molecule has 0 bridgehead atoms. The number of aromatic nitrogens is 6. The van der Waals surface area contributed by atoms with Gasteiger partial charge in [-0.1, -0.05) is 0 Å². The average molecular weight is 324 g/mol. The highest BCUT2D eigenvalue weighted by atomic mass is 15.4. The predicted octanol–water partition coefficient (Wildman–Crippen LogP) is 0.657. The van der Waals surface area contributed by atoms with Gasteiger partial charge in [0.15, 0.2) is 5.65 Å². The fourth-order valence-corrected chi connectivity index (χ4v) is 3.69. The second kappa shape index (κ2) is 5.27. The largest absolute Gasteiger partial charge is 0.352 e. The van der Waals surface area contributed by atoms with Crippen molar-refractivity contribution in [3.8, 4) is 0 Å². The highest BCUT2D eigenvalue weighted by Crippen LogP contribution is 2.26. The second-order valence-electron chi connectivity index (χ2n) is 6.78. The van der Waals surface area contributed by atoms with Gasteiger partial charge in [0, 0.05) is 31.4 Å². The van der Waals surface area contributed by atoms with Gasteiger partial charge in [-0.25, -0.2) is 0 Å². The molecule has 3 aromatic rings. The van der Waals surface area contributed by atoms with Gasteiger partial charge in [0.2, 0.25) is 0 Å². The molecule has 3 aromatic heterocycles. The van der Waals surface area contributed by atoms with Crippen molar-refractivity contribution in [1.82, 2.24) is 34.9 Å². The van der Waals surface area contributed by atoms with Crippen LogP contribution in [0.1, 0.15) is 23.4 Å². The molecule has 1 fully saturated rings. The number of nitrogens with one attached hydrogen (secondary N) is 1. The maximum atomic E-state index is 4.56. The van der Waals surface area contributed by atoms with Crippen LogP contribution in [-0.2, 0) is 19.4 Å². The minimum atomic E-state index is 0.539. The van der Waals surface area contributed by atoms with Crippen LogP contribution in [0.4, 0.5) is 5.82 Å². The third-order valence-electron chi connectivity index (χ3n) is 5.25. The smallest absolute Gasteiger partial charge is 0.177 e. The molecule has 0 amide bonds. The number of rotatable bonds is 4. The first-order valence-corrected chi connectivity index (χ1v) is 8.45. The Morgan fingerprint density at radius 1 is 1.29 bits per heavy atom. The SMILES string of the molecule is CN(Cc1n[nH]c2c1CCC2)C1CN(c2ccc3nncn3n2)C1. The van der Waals surface area contributed by atoms with E-state index in [2.05, 4.69) is 42.3 Å². The molecule has 2 aliphatic rings. The molecule has 0 unspecified atom stereocenters. The van der Waals surface area contributed by atoms with E-state index < -0.39 is 0 Å². The van der Waals surface area contributed by atoms with Crippen molar-refractivity contribution in [1.29, 1.82) is 0 Å². The van der Waals surface area contributed by atoms with Crippen LogP contribution in [0.2, 0.25) is 0 Å². The third-order valence-corrected chi connectivity index (χ3v) is 5.25. The Bertz CT molecular complexity index is 875. The van der Waals surface area contributed by atoms with Crippen LogP contribution in [-0.4, -0.2) is 61.1 Å². The van der Waals surface area contributed by atoms with Gasteiger partial charge >= 0.3 is 0 Å². The molecule has 0 atom stereocenters. The van der Waals surface area contributed by atoms with E-state index in [0.29, 0.717) is 6.04 Å². The Hall–Kier alpha value is -2.48. The number of H-pyrrole nitrogens is 1. The minimum Gasteiger partial charge on any atom is -0.352 e. The van der Waals surface area contributed by atoms with Gasteiger partial charge in [0.05, 0.1) is 5.69 Å². The van der Waals surface area contributed by atoms with E-state index in [1.807, 2.05) is 12.1 Å². The van der Waals surface area contributed by atoms with Crippen molar-refractivity contribution in [3.05, 3.63) is 35.4 Å². The molecule has 8 heteroatoms. The van der Waals surface area contributed by atoms with Crippen molar-refractivity contribution in [2.75, 3.05) is 25.0 Å². The summed E-state index contributed by atoms with van der Waals surface area (Å²) in [4.78, 5) is 4.69. The standard InChI is InChI=1S/C16H20N8/c1-22(9-14-12-3-2-4-13(12)18-19-14)11-7-23(8-11)16-6-5-15-20-17-10-24(15)21-16/h5-6,10-11H,2-4,7-9H2,1H3,(H,18,19). The molecule has 0 spiro atoms. The lowest BCUT2D eigenvalue weighted by atomic mass is 10.1. The molecule has 5 rings (SSSR count). The summed E-state index contributed by atoms with van der Waals surface area (Å²) in [7, 11) is 2.19. The Morgan fingerprint density at radius 2 is 2.21 bits per heavy atom. The summed E-state index contributed by atoms with van der Waals surface area (Å²) in [5.74, 6) is 0.979. The van der Waals surface area contributed by atoms with E-state index in [4.69, 9.17) is 0 Å². The topological polar surface area (TPSA) is 78.2 Å². The lowest BCUT2D eigenvalue weighted by molar-refractivity contribution is 0.194. The molecule has 1 aliphatic heterocycles. The van der Waals surface area contributed by atoms with Gasteiger partial charge in [-0.2, -0.15) is 9.61 Å². The molecule has 0 radical (unpaired) electrons. The van der Waals surface area contributed by atoms with Gasteiger partial charge < -0.3 is 4.90 Å². The highest BCUT2D eigenvalue weighted by molar-refractivity contribution is 5.47. The average Bonchev–Trinajstić information content (AvgIpc) is 3.23. The van der Waals surface area contributed by atoms with Crippen LogP contribution in [0.15, 0.2) is 18.5 Å². The van der Waals surface area contributed by atoms with Gasteiger partial charge in [0.1, 0.15) is 12.1 Å². The number of likely N-dealkylation sites (N-methyl/N-ethyl adjacent to an activating group) is 1. The Kier molecular flexibility index (Phi) is 3.05. The Morgan fingerprint density at radius 3 is 3.12 bits per heavy atom. The molecular weight excluding hydrogens is 304 g/mol. The van der Waals surface area contributed by atoms with E-state index in [9.17, 15) is 0 Å². The number of hydrogen-bond acceptors (Lipinski definition) is 6. The summed E-state index contributed by atoms with van der Waals surface area (Å²) >= 11 is 0. The molecule has 24 heavy (non-hydrogen) atoms. The molecule has 1 saturated heterocycles. The first kappa shape index (κ1) is 13.9. The molecule has 0 saturated carbocycles. The summed E-state index contributed by atoms with van der Waals surface area (Å²) in [6.45, 7) is 2.90. The Balaban J connectivity index is 1.24. The zero-order valence-electron chi connectivity index (χ0n) is 13.7. The molecule has 8 nitrogen and oxygen atoms in total. The number of fused-ring (bicyclic) bond motifs is 2. The van der Waals surface area contributed by atoms with Crippen molar-refractivity contribution in [3.63, 3.8) is 0 Å². The minimum absolute atomic E-state index is 0.539. The summed E-state index contributed by atoms with van der Waals surface area (Å²) in [5.41, 5.74) is 4.81.